The van der Waals surface area contributed by atoms with Gasteiger partial charge in [-0.2, -0.15) is 0 Å². The maximum absolute atomic E-state index is 13.3. The summed E-state index contributed by atoms with van der Waals surface area (Å²) in [6, 6.07) is 19.1. The lowest BCUT2D eigenvalue weighted by Gasteiger charge is -2.25. The van der Waals surface area contributed by atoms with Crippen molar-refractivity contribution >= 4 is 34.0 Å². The Morgan fingerprint density at radius 3 is 2.56 bits per heavy atom. The fourth-order valence-corrected chi connectivity index (χ4v) is 4.34. The van der Waals surface area contributed by atoms with Gasteiger partial charge >= 0.3 is 5.97 Å². The Hall–Kier alpha value is -3.60. The molecule has 5 nitrogen and oxygen atoms in total. The lowest BCUT2D eigenvalue weighted by Crippen LogP contribution is -2.30. The van der Waals surface area contributed by atoms with Crippen LogP contribution < -0.4 is 10.2 Å². The van der Waals surface area contributed by atoms with Crippen LogP contribution in [0.15, 0.2) is 71.9 Å². The maximum Gasteiger partial charge on any atom is 0.338 e. The van der Waals surface area contributed by atoms with Crippen LogP contribution in [0.5, 0.6) is 0 Å². The van der Waals surface area contributed by atoms with Gasteiger partial charge in [-0.05, 0) is 34.5 Å². The molecule has 0 aromatic heterocycles. The van der Waals surface area contributed by atoms with Gasteiger partial charge in [0, 0.05) is 5.56 Å². The first-order valence-corrected chi connectivity index (χ1v) is 8.85. The third kappa shape index (κ3) is 1.83. The number of anilines is 2. The van der Waals surface area contributed by atoms with Gasteiger partial charge in [-0.25, -0.2) is 4.79 Å². The third-order valence-corrected chi connectivity index (χ3v) is 5.54. The number of amides is 1. The molecule has 27 heavy (non-hydrogen) atoms. The van der Waals surface area contributed by atoms with E-state index in [4.69, 9.17) is 4.74 Å². The molecule has 3 aromatic carbocycles. The summed E-state index contributed by atoms with van der Waals surface area (Å²) < 4.78 is 5.30. The summed E-state index contributed by atoms with van der Waals surface area (Å²) >= 11 is 0. The Bertz CT molecular complexity index is 1210. The third-order valence-electron chi connectivity index (χ3n) is 5.54. The van der Waals surface area contributed by atoms with E-state index < -0.39 is 6.04 Å². The molecule has 3 aromatic rings. The number of hydrogen-bond acceptors (Lipinski definition) is 4. The summed E-state index contributed by atoms with van der Waals surface area (Å²) in [5.41, 5.74) is 4.32. The number of hydrogen-bond donors (Lipinski definition) is 1. The van der Waals surface area contributed by atoms with Crippen molar-refractivity contribution in [1.82, 2.24) is 0 Å². The number of esters is 1. The van der Waals surface area contributed by atoms with Gasteiger partial charge < -0.3 is 10.1 Å². The fourth-order valence-electron chi connectivity index (χ4n) is 4.34. The second-order valence-corrected chi connectivity index (χ2v) is 6.97. The molecule has 3 aliphatic rings. The number of cyclic esters (lactones) is 1. The molecule has 1 atom stereocenters. The molecule has 0 aliphatic carbocycles. The van der Waals surface area contributed by atoms with E-state index in [1.807, 2.05) is 60.7 Å². The van der Waals surface area contributed by atoms with Crippen molar-refractivity contribution in [3.05, 3.63) is 83.1 Å². The van der Waals surface area contributed by atoms with Crippen LogP contribution in [-0.4, -0.2) is 18.5 Å². The van der Waals surface area contributed by atoms with E-state index in [-0.39, 0.29) is 18.5 Å². The largest absolute Gasteiger partial charge is 0.456 e. The molecule has 0 spiro atoms. The lowest BCUT2D eigenvalue weighted by atomic mass is 9.97. The van der Waals surface area contributed by atoms with Gasteiger partial charge in [-0.3, -0.25) is 9.69 Å². The molecule has 0 saturated heterocycles. The summed E-state index contributed by atoms with van der Waals surface area (Å²) in [5.74, 6) is -0.461. The summed E-state index contributed by atoms with van der Waals surface area (Å²) in [6.45, 7) is 0.196. The smallest absolute Gasteiger partial charge is 0.338 e. The zero-order valence-corrected chi connectivity index (χ0v) is 14.2. The van der Waals surface area contributed by atoms with Crippen molar-refractivity contribution in [3.8, 4) is 0 Å². The van der Waals surface area contributed by atoms with Crippen molar-refractivity contribution in [3.63, 3.8) is 0 Å². The second-order valence-electron chi connectivity index (χ2n) is 6.97. The van der Waals surface area contributed by atoms with E-state index in [9.17, 15) is 9.59 Å². The first-order chi connectivity index (χ1) is 13.2. The Kier molecular flexibility index (Phi) is 2.68. The van der Waals surface area contributed by atoms with Crippen molar-refractivity contribution in [2.24, 2.45) is 0 Å². The Morgan fingerprint density at radius 2 is 1.70 bits per heavy atom. The molecule has 0 fully saturated rings. The van der Waals surface area contributed by atoms with E-state index in [0.717, 1.165) is 33.4 Å². The number of ether oxygens (including phenoxy) is 1. The minimum atomic E-state index is -0.464. The van der Waals surface area contributed by atoms with Crippen LogP contribution in [0.1, 0.15) is 22.0 Å². The summed E-state index contributed by atoms with van der Waals surface area (Å²) in [4.78, 5) is 27.6. The van der Waals surface area contributed by atoms with Crippen LogP contribution in [0.3, 0.4) is 0 Å². The molecule has 0 bridgehead atoms. The SMILES string of the molecule is O=C1OCC2=C1C1c3ccccc3C(=O)N1c1cc3ccccc3cc1N2. The van der Waals surface area contributed by atoms with Crippen LogP contribution in [0.25, 0.3) is 10.8 Å². The first-order valence-electron chi connectivity index (χ1n) is 8.85. The Morgan fingerprint density at radius 1 is 0.963 bits per heavy atom. The number of fused-ring (bicyclic) bond motifs is 7. The number of carbonyl (C=O) groups excluding carboxylic acids is 2. The maximum atomic E-state index is 13.3. The monoisotopic (exact) mass is 354 g/mol. The van der Waals surface area contributed by atoms with Gasteiger partial charge in [0.05, 0.1) is 28.7 Å². The minimum absolute atomic E-state index is 0.0950. The van der Waals surface area contributed by atoms with E-state index in [1.54, 1.807) is 4.90 Å². The topological polar surface area (TPSA) is 58.6 Å². The van der Waals surface area contributed by atoms with E-state index in [2.05, 4.69) is 5.32 Å². The van der Waals surface area contributed by atoms with E-state index in [0.29, 0.717) is 11.1 Å². The molecule has 5 heteroatoms. The predicted molar refractivity (Wildman–Crippen MR) is 102 cm³/mol. The second kappa shape index (κ2) is 4.98. The highest BCUT2D eigenvalue weighted by Crippen LogP contribution is 2.49. The minimum Gasteiger partial charge on any atom is -0.456 e. The number of benzene rings is 3. The van der Waals surface area contributed by atoms with Crippen molar-refractivity contribution < 1.29 is 14.3 Å². The van der Waals surface area contributed by atoms with E-state index in [1.165, 1.54) is 0 Å². The average molecular weight is 354 g/mol. The van der Waals surface area contributed by atoms with Gasteiger partial charge in [0.25, 0.3) is 5.91 Å². The number of nitrogens with one attached hydrogen (secondary N) is 1. The quantitative estimate of drug-likeness (QED) is 0.624. The highest BCUT2D eigenvalue weighted by molar-refractivity contribution is 6.16. The van der Waals surface area contributed by atoms with Gasteiger partial charge in [-0.1, -0.05) is 42.5 Å². The molecular formula is C22H14N2O3. The highest BCUT2D eigenvalue weighted by atomic mass is 16.5. The first kappa shape index (κ1) is 14.6. The average Bonchev–Trinajstić information content (AvgIpc) is 3.13. The van der Waals surface area contributed by atoms with Gasteiger partial charge in [0.1, 0.15) is 6.61 Å². The highest BCUT2D eigenvalue weighted by Gasteiger charge is 2.47. The van der Waals surface area contributed by atoms with Gasteiger partial charge in [-0.15, -0.1) is 0 Å². The van der Waals surface area contributed by atoms with Crippen molar-refractivity contribution in [2.75, 3.05) is 16.8 Å². The Labute approximate surface area is 154 Å². The molecule has 130 valence electrons. The zero-order chi connectivity index (χ0) is 18.1. The lowest BCUT2D eigenvalue weighted by molar-refractivity contribution is -0.136. The van der Waals surface area contributed by atoms with Crippen LogP contribution >= 0.6 is 0 Å². The number of rotatable bonds is 0. The Balaban J connectivity index is 1.69. The molecular weight excluding hydrogens is 340 g/mol. The molecule has 1 amide bonds. The van der Waals surface area contributed by atoms with Gasteiger partial charge in [0.15, 0.2) is 0 Å². The fraction of sp³-hybridized carbons (Fsp3) is 0.0909. The van der Waals surface area contributed by atoms with Crippen LogP contribution in [0.4, 0.5) is 11.4 Å². The van der Waals surface area contributed by atoms with Crippen LogP contribution in [0, 0.1) is 0 Å². The van der Waals surface area contributed by atoms with E-state index >= 15 is 0 Å². The predicted octanol–water partition coefficient (Wildman–Crippen LogP) is 3.78. The van der Waals surface area contributed by atoms with Gasteiger partial charge in [0.2, 0.25) is 0 Å². The zero-order valence-electron chi connectivity index (χ0n) is 14.2. The summed E-state index contributed by atoms with van der Waals surface area (Å²) in [6.07, 6.45) is 0. The molecule has 1 N–H and O–H groups in total. The van der Waals surface area contributed by atoms with Crippen molar-refractivity contribution in [1.29, 1.82) is 0 Å². The van der Waals surface area contributed by atoms with Crippen LogP contribution in [0.2, 0.25) is 0 Å². The van der Waals surface area contributed by atoms with Crippen molar-refractivity contribution in [2.45, 2.75) is 6.04 Å². The molecule has 6 rings (SSSR count). The summed E-state index contributed by atoms with van der Waals surface area (Å²) in [5, 5.41) is 5.48. The standard InChI is InChI=1S/C22H14N2O3/c25-21-15-8-4-3-7-14(15)20-19-17(11-27-22(19)26)23-16-9-12-5-1-2-6-13(12)10-18(16)24(20)21/h1-10,20,23H,11H2. The number of nitrogens with zero attached hydrogens (tertiary/aromatic N) is 1. The molecule has 0 radical (unpaired) electrons. The molecule has 1 unspecified atom stereocenters. The summed E-state index contributed by atoms with van der Waals surface area (Å²) in [7, 11) is 0. The molecule has 3 aliphatic heterocycles. The normalized spacial score (nSPS) is 19.9. The molecule has 0 saturated carbocycles. The molecule has 3 heterocycles. The number of carbonyl (C=O) groups is 2. The van der Waals surface area contributed by atoms with Crippen LogP contribution in [-0.2, 0) is 9.53 Å².